The molecule has 14 heteroatoms. The first-order valence-electron chi connectivity index (χ1n) is 11.2. The van der Waals surface area contributed by atoms with Crippen molar-refractivity contribution in [2.75, 3.05) is 6.61 Å². The smallest absolute Gasteiger partial charge is 0.378 e. The molecule has 0 fully saturated rings. The van der Waals surface area contributed by atoms with Crippen molar-refractivity contribution in [2.24, 2.45) is 0 Å². The molecular formula is C25H18F4N6O4. The van der Waals surface area contributed by atoms with Crippen molar-refractivity contribution in [3.05, 3.63) is 95.1 Å². The summed E-state index contributed by atoms with van der Waals surface area (Å²) in [7, 11) is 0. The number of pyridine rings is 1. The SMILES string of the molecule is CCOC(=O)c1nnnn1CC(O)(c1ccc(F)cc1F)C(F)(F)c1ccc(Oc2ccc(C#N)cc2)cn1. The number of aliphatic hydroxyl groups is 1. The van der Waals surface area contributed by atoms with E-state index in [-0.39, 0.29) is 12.4 Å². The highest BCUT2D eigenvalue weighted by atomic mass is 19.3. The van der Waals surface area contributed by atoms with Gasteiger partial charge >= 0.3 is 11.9 Å². The molecule has 2 heterocycles. The summed E-state index contributed by atoms with van der Waals surface area (Å²) < 4.78 is 71.4. The fourth-order valence-electron chi connectivity index (χ4n) is 3.62. The van der Waals surface area contributed by atoms with E-state index in [1.807, 2.05) is 6.07 Å². The van der Waals surface area contributed by atoms with Crippen molar-refractivity contribution >= 4 is 5.97 Å². The van der Waals surface area contributed by atoms with Crippen LogP contribution in [0.3, 0.4) is 0 Å². The van der Waals surface area contributed by atoms with Crippen molar-refractivity contribution in [3.63, 3.8) is 0 Å². The zero-order valence-electron chi connectivity index (χ0n) is 20.1. The highest BCUT2D eigenvalue weighted by Crippen LogP contribution is 2.47. The summed E-state index contributed by atoms with van der Waals surface area (Å²) in [6, 6.07) is 11.6. The van der Waals surface area contributed by atoms with Crippen LogP contribution < -0.4 is 4.74 Å². The van der Waals surface area contributed by atoms with E-state index in [2.05, 4.69) is 20.5 Å². The topological polar surface area (TPSA) is 136 Å². The standard InChI is InChI=1S/C25H18F4N6O4/c1-2-38-23(36)22-32-33-34-35(22)14-24(37,19-9-5-16(26)11-20(19)27)25(28,29)21-10-8-18(13-31-21)39-17-6-3-15(12-30)4-7-17/h3-11,13,37H,2,14H2,1H3. The second-order valence-corrected chi connectivity index (χ2v) is 8.06. The first-order chi connectivity index (χ1) is 18.6. The van der Waals surface area contributed by atoms with Crippen LogP contribution in [0.5, 0.6) is 11.5 Å². The zero-order chi connectivity index (χ0) is 28.2. The van der Waals surface area contributed by atoms with Crippen molar-refractivity contribution in [2.45, 2.75) is 25.0 Å². The maximum absolute atomic E-state index is 16.0. The average molecular weight is 542 g/mol. The lowest BCUT2D eigenvalue weighted by molar-refractivity contribution is -0.208. The van der Waals surface area contributed by atoms with Crippen molar-refractivity contribution < 1.29 is 36.9 Å². The third kappa shape index (κ3) is 5.39. The normalized spacial score (nSPS) is 12.8. The lowest BCUT2D eigenvalue weighted by atomic mass is 9.84. The number of alkyl halides is 2. The number of nitriles is 1. The van der Waals surface area contributed by atoms with Gasteiger partial charge in [-0.1, -0.05) is 0 Å². The molecule has 39 heavy (non-hydrogen) atoms. The van der Waals surface area contributed by atoms with Crippen LogP contribution in [0.15, 0.2) is 60.8 Å². The Bertz CT molecular complexity index is 1520. The predicted octanol–water partition coefficient (Wildman–Crippen LogP) is 3.87. The van der Waals surface area contributed by atoms with E-state index in [4.69, 9.17) is 14.7 Å². The van der Waals surface area contributed by atoms with Gasteiger partial charge in [-0.25, -0.2) is 18.3 Å². The Kier molecular flexibility index (Phi) is 7.54. The number of nitrogens with zero attached hydrogens (tertiary/aromatic N) is 6. The van der Waals surface area contributed by atoms with Gasteiger partial charge in [0.15, 0.2) is 5.60 Å². The minimum Gasteiger partial charge on any atom is -0.460 e. The molecule has 0 aliphatic rings. The molecule has 10 nitrogen and oxygen atoms in total. The molecular weight excluding hydrogens is 524 g/mol. The molecule has 0 bridgehead atoms. The van der Waals surface area contributed by atoms with E-state index in [0.717, 1.165) is 18.3 Å². The summed E-state index contributed by atoms with van der Waals surface area (Å²) in [6.45, 7) is 0.166. The van der Waals surface area contributed by atoms with Crippen LogP contribution in [0.2, 0.25) is 0 Å². The fourth-order valence-corrected chi connectivity index (χ4v) is 3.62. The van der Waals surface area contributed by atoms with Gasteiger partial charge in [-0.05, 0) is 65.9 Å². The molecule has 200 valence electrons. The Morgan fingerprint density at radius 2 is 1.82 bits per heavy atom. The van der Waals surface area contributed by atoms with Crippen LogP contribution in [-0.4, -0.2) is 42.9 Å². The Morgan fingerprint density at radius 3 is 2.44 bits per heavy atom. The molecule has 0 saturated carbocycles. The molecule has 0 aliphatic carbocycles. The van der Waals surface area contributed by atoms with Crippen molar-refractivity contribution in [1.29, 1.82) is 5.26 Å². The number of halogens is 4. The summed E-state index contributed by atoms with van der Waals surface area (Å²) in [5, 5.41) is 30.5. The van der Waals surface area contributed by atoms with Crippen LogP contribution in [0.1, 0.15) is 34.4 Å². The molecule has 2 aromatic heterocycles. The summed E-state index contributed by atoms with van der Waals surface area (Å²) >= 11 is 0. The lowest BCUT2D eigenvalue weighted by Gasteiger charge is -2.36. The number of tetrazole rings is 1. The maximum atomic E-state index is 16.0. The maximum Gasteiger partial charge on any atom is 0.378 e. The fraction of sp³-hybridized carbons (Fsp3) is 0.200. The quantitative estimate of drug-likeness (QED) is 0.247. The Labute approximate surface area is 218 Å². The molecule has 0 radical (unpaired) electrons. The largest absolute Gasteiger partial charge is 0.460 e. The Morgan fingerprint density at radius 1 is 1.10 bits per heavy atom. The van der Waals surface area contributed by atoms with Gasteiger partial charge in [0, 0.05) is 11.6 Å². The third-order valence-corrected chi connectivity index (χ3v) is 5.54. The average Bonchev–Trinajstić information content (AvgIpc) is 3.37. The minimum atomic E-state index is -4.35. The number of ether oxygens (including phenoxy) is 2. The molecule has 1 atom stereocenters. The first kappa shape index (κ1) is 27.1. The summed E-state index contributed by atoms with van der Waals surface area (Å²) in [4.78, 5) is 15.9. The number of benzene rings is 2. The number of hydrogen-bond donors (Lipinski definition) is 1. The van der Waals surface area contributed by atoms with Crippen LogP contribution in [0, 0.1) is 23.0 Å². The molecule has 1 N–H and O–H groups in total. The second kappa shape index (κ2) is 10.8. The zero-order valence-corrected chi connectivity index (χ0v) is 20.1. The van der Waals surface area contributed by atoms with Gasteiger partial charge < -0.3 is 14.6 Å². The molecule has 4 rings (SSSR count). The molecule has 0 saturated heterocycles. The van der Waals surface area contributed by atoms with Crippen LogP contribution >= 0.6 is 0 Å². The molecule has 0 amide bonds. The molecule has 1 unspecified atom stereocenters. The first-order valence-corrected chi connectivity index (χ1v) is 11.2. The van der Waals surface area contributed by atoms with Gasteiger partial charge in [0.2, 0.25) is 0 Å². The van der Waals surface area contributed by atoms with Crippen molar-refractivity contribution in [1.82, 2.24) is 25.2 Å². The Balaban J connectivity index is 1.73. The van der Waals surface area contributed by atoms with Gasteiger partial charge in [0.1, 0.15) is 28.8 Å². The van der Waals surface area contributed by atoms with E-state index in [1.165, 1.54) is 31.2 Å². The number of esters is 1. The molecule has 0 spiro atoms. The number of rotatable bonds is 9. The van der Waals surface area contributed by atoms with E-state index in [1.54, 1.807) is 0 Å². The van der Waals surface area contributed by atoms with Gasteiger partial charge in [0.05, 0.1) is 31.0 Å². The van der Waals surface area contributed by atoms with Gasteiger partial charge in [-0.3, -0.25) is 4.98 Å². The number of carbonyl (C=O) groups is 1. The highest BCUT2D eigenvalue weighted by molar-refractivity contribution is 5.85. The van der Waals surface area contributed by atoms with Crippen LogP contribution in [0.25, 0.3) is 0 Å². The molecule has 2 aromatic carbocycles. The number of hydrogen-bond acceptors (Lipinski definition) is 9. The minimum absolute atomic E-state index is 0.0424. The second-order valence-electron chi connectivity index (χ2n) is 8.06. The van der Waals surface area contributed by atoms with Gasteiger partial charge in [0.25, 0.3) is 5.82 Å². The monoisotopic (exact) mass is 542 g/mol. The van der Waals surface area contributed by atoms with Crippen LogP contribution in [0.4, 0.5) is 17.6 Å². The van der Waals surface area contributed by atoms with Crippen molar-refractivity contribution in [3.8, 4) is 17.6 Å². The van der Waals surface area contributed by atoms with E-state index in [0.29, 0.717) is 34.2 Å². The van der Waals surface area contributed by atoms with Crippen LogP contribution in [-0.2, 0) is 22.8 Å². The summed E-state index contributed by atoms with van der Waals surface area (Å²) in [6.07, 6.45) is 0.948. The van der Waals surface area contributed by atoms with Gasteiger partial charge in [-0.15, -0.1) is 5.10 Å². The third-order valence-electron chi connectivity index (χ3n) is 5.54. The number of carbonyl (C=O) groups excluding carboxylic acids is 1. The van der Waals surface area contributed by atoms with Gasteiger partial charge in [-0.2, -0.15) is 14.0 Å². The summed E-state index contributed by atoms with van der Waals surface area (Å²) in [5.74, 6) is -8.27. The molecule has 0 aliphatic heterocycles. The van der Waals surface area contributed by atoms with E-state index >= 15 is 8.78 Å². The van der Waals surface area contributed by atoms with E-state index in [9.17, 15) is 18.7 Å². The van der Waals surface area contributed by atoms with E-state index < -0.39 is 52.8 Å². The number of aromatic nitrogens is 5. The highest BCUT2D eigenvalue weighted by Gasteiger charge is 2.58. The predicted molar refractivity (Wildman–Crippen MR) is 123 cm³/mol. The lowest BCUT2D eigenvalue weighted by Crippen LogP contribution is -2.48. The molecule has 4 aromatic rings. The Hall–Kier alpha value is -4.90. The summed E-state index contributed by atoms with van der Waals surface area (Å²) in [5.41, 5.74) is -5.09.